The van der Waals surface area contributed by atoms with Crippen LogP contribution < -0.4 is 0 Å². The van der Waals surface area contributed by atoms with E-state index in [4.69, 9.17) is 6.42 Å². The minimum atomic E-state index is 0.464. The monoisotopic (exact) mass is 114 g/mol. The predicted molar refractivity (Wildman–Crippen MR) is 39.2 cm³/mol. The average molecular weight is 114 g/mol. The first-order valence-electron chi connectivity index (χ1n) is 2.44. The van der Waals surface area contributed by atoms with E-state index < -0.39 is 0 Å². The van der Waals surface area contributed by atoms with Crippen LogP contribution in [0.2, 0.25) is 0 Å². The summed E-state index contributed by atoms with van der Waals surface area (Å²) in [7, 11) is 0. The maximum absolute atomic E-state index is 4.92. The molecule has 0 aliphatic heterocycles. The minimum absolute atomic E-state index is 0.464. The lowest BCUT2D eigenvalue weighted by atomic mass is 10.4. The molecule has 0 aliphatic rings. The van der Waals surface area contributed by atoms with Crippen molar-refractivity contribution in [1.29, 1.82) is 0 Å². The molecule has 0 atom stereocenters. The lowest BCUT2D eigenvalue weighted by Gasteiger charge is -1.61. The van der Waals surface area contributed by atoms with Gasteiger partial charge in [0.2, 0.25) is 0 Å². The smallest absolute Gasteiger partial charge is 0.0710 e. The third kappa shape index (κ3) is 6.42. The molecule has 0 N–H and O–H groups in total. The fourth-order valence-electron chi connectivity index (χ4n) is 0.227. The molecule has 0 rings (SSSR count). The third-order valence-corrected chi connectivity index (χ3v) is 0.516. The Hall–Kier alpha value is -1.58. The highest BCUT2D eigenvalue weighted by atomic mass is 13.6. The van der Waals surface area contributed by atoms with Crippen molar-refractivity contribution in [2.24, 2.45) is 0 Å². The van der Waals surface area contributed by atoms with Gasteiger partial charge in [0.15, 0.2) is 0 Å². The zero-order valence-corrected chi connectivity index (χ0v) is 5.07. The third-order valence-electron chi connectivity index (χ3n) is 0.516. The normalized spacial score (nSPS) is 4.78. The zero-order valence-electron chi connectivity index (χ0n) is 5.07. The first kappa shape index (κ1) is 7.42. The Morgan fingerprint density at radius 3 is 2.78 bits per heavy atom. The van der Waals surface area contributed by atoms with E-state index in [1.807, 2.05) is 0 Å². The van der Waals surface area contributed by atoms with Crippen LogP contribution in [0.25, 0.3) is 0 Å². The van der Waals surface area contributed by atoms with Crippen molar-refractivity contribution in [3.05, 3.63) is 12.7 Å². The Kier molecular flexibility index (Phi) is 5.29. The van der Waals surface area contributed by atoms with Crippen LogP contribution in [0.4, 0.5) is 0 Å². The van der Waals surface area contributed by atoms with Crippen molar-refractivity contribution < 1.29 is 0 Å². The molecule has 0 aromatic carbocycles. The molecule has 42 valence electrons. The number of allylic oxidation sites excluding steroid dienone is 1. The second-order valence-corrected chi connectivity index (χ2v) is 1.16. The maximum Gasteiger partial charge on any atom is 0.0710 e. The Balaban J connectivity index is 3.64. The van der Waals surface area contributed by atoms with Gasteiger partial charge in [0, 0.05) is 0 Å². The van der Waals surface area contributed by atoms with E-state index in [2.05, 4.69) is 36.2 Å². The Labute approximate surface area is 56.0 Å². The van der Waals surface area contributed by atoms with Crippen LogP contribution in [-0.4, -0.2) is 0 Å². The summed E-state index contributed by atoms with van der Waals surface area (Å²) in [6.45, 7) is 3.40. The van der Waals surface area contributed by atoms with Crippen molar-refractivity contribution in [3.63, 3.8) is 0 Å². The molecular formula is C9H6. The predicted octanol–water partition coefficient (Wildman–Crippen LogP) is 1.20. The molecule has 0 unspecified atom stereocenters. The highest BCUT2D eigenvalue weighted by Gasteiger charge is 1.58. The van der Waals surface area contributed by atoms with Gasteiger partial charge in [-0.15, -0.1) is 6.42 Å². The highest BCUT2D eigenvalue weighted by molar-refractivity contribution is 5.30. The molecule has 0 saturated heterocycles. The van der Waals surface area contributed by atoms with Gasteiger partial charge < -0.3 is 0 Å². The Bertz CT molecular complexity index is 229. The summed E-state index contributed by atoms with van der Waals surface area (Å²) >= 11 is 0. The van der Waals surface area contributed by atoms with Crippen LogP contribution in [0.1, 0.15) is 6.42 Å². The molecule has 0 heteroatoms. The van der Waals surface area contributed by atoms with E-state index in [1.165, 1.54) is 6.08 Å². The summed E-state index contributed by atoms with van der Waals surface area (Å²) in [6, 6.07) is 0. The maximum atomic E-state index is 4.92. The quantitative estimate of drug-likeness (QED) is 0.415. The van der Waals surface area contributed by atoms with E-state index in [1.54, 1.807) is 0 Å². The molecule has 0 aromatic heterocycles. The molecule has 0 saturated carbocycles. The van der Waals surface area contributed by atoms with Crippen LogP contribution in [0, 0.1) is 36.0 Å². The molecule has 0 fully saturated rings. The molecule has 0 bridgehead atoms. The summed E-state index contributed by atoms with van der Waals surface area (Å²) < 4.78 is 0. The van der Waals surface area contributed by atoms with Crippen LogP contribution >= 0.6 is 0 Å². The van der Waals surface area contributed by atoms with E-state index >= 15 is 0 Å². The van der Waals surface area contributed by atoms with Gasteiger partial charge >= 0.3 is 0 Å². The zero-order chi connectivity index (χ0) is 6.95. The largest absolute Gasteiger partial charge is 0.119 e. The second-order valence-electron chi connectivity index (χ2n) is 1.16. The van der Waals surface area contributed by atoms with Gasteiger partial charge in [0.25, 0.3) is 0 Å². The van der Waals surface area contributed by atoms with Crippen molar-refractivity contribution in [3.8, 4) is 36.0 Å². The van der Waals surface area contributed by atoms with E-state index in [0.717, 1.165) is 0 Å². The van der Waals surface area contributed by atoms with Crippen molar-refractivity contribution >= 4 is 0 Å². The number of hydrogen-bond donors (Lipinski definition) is 0. The molecule has 0 nitrogen and oxygen atoms in total. The van der Waals surface area contributed by atoms with Gasteiger partial charge in [-0.1, -0.05) is 24.3 Å². The summed E-state index contributed by atoms with van der Waals surface area (Å²) in [5.41, 5.74) is 0. The highest BCUT2D eigenvalue weighted by Crippen LogP contribution is 1.65. The van der Waals surface area contributed by atoms with Crippen molar-refractivity contribution in [1.82, 2.24) is 0 Å². The second kappa shape index (κ2) is 6.42. The molecule has 9 heavy (non-hydrogen) atoms. The molecule has 0 amide bonds. The van der Waals surface area contributed by atoms with Crippen LogP contribution in [-0.2, 0) is 0 Å². The standard InChI is InChI=1S/C9H6/c1-3-5-7-9-8-6-4-2/h1,4H,2,5H2. The van der Waals surface area contributed by atoms with E-state index in [9.17, 15) is 0 Å². The Morgan fingerprint density at radius 2 is 2.22 bits per heavy atom. The SMILES string of the molecule is C#CCC#CC#CC=C. The van der Waals surface area contributed by atoms with Crippen LogP contribution in [0.15, 0.2) is 12.7 Å². The lowest BCUT2D eigenvalue weighted by Crippen LogP contribution is -1.55. The van der Waals surface area contributed by atoms with Gasteiger partial charge in [-0.3, -0.25) is 0 Å². The molecular weight excluding hydrogens is 108 g/mol. The number of terminal acetylenes is 1. The number of rotatable bonds is 0. The van der Waals surface area contributed by atoms with Gasteiger partial charge in [-0.2, -0.15) is 0 Å². The fourth-order valence-corrected chi connectivity index (χ4v) is 0.227. The summed E-state index contributed by atoms with van der Waals surface area (Å²) in [4.78, 5) is 0. The van der Waals surface area contributed by atoms with Gasteiger partial charge in [0.1, 0.15) is 0 Å². The van der Waals surface area contributed by atoms with Crippen molar-refractivity contribution in [2.75, 3.05) is 0 Å². The molecule has 0 heterocycles. The molecule has 0 radical (unpaired) electrons. The average Bonchev–Trinajstić information content (AvgIpc) is 1.89. The van der Waals surface area contributed by atoms with Crippen LogP contribution in [0.5, 0.6) is 0 Å². The summed E-state index contributed by atoms with van der Waals surface area (Å²) in [5.74, 6) is 12.7. The first-order chi connectivity index (χ1) is 4.41. The van der Waals surface area contributed by atoms with Gasteiger partial charge in [0.05, 0.1) is 6.42 Å². The summed E-state index contributed by atoms with van der Waals surface area (Å²) in [6.07, 6.45) is 6.88. The summed E-state index contributed by atoms with van der Waals surface area (Å²) in [5, 5.41) is 0. The Morgan fingerprint density at radius 1 is 1.44 bits per heavy atom. The topological polar surface area (TPSA) is 0 Å². The van der Waals surface area contributed by atoms with Gasteiger partial charge in [-0.25, -0.2) is 0 Å². The molecule has 0 aliphatic carbocycles. The van der Waals surface area contributed by atoms with Crippen molar-refractivity contribution in [2.45, 2.75) is 6.42 Å². The first-order valence-corrected chi connectivity index (χ1v) is 2.44. The fraction of sp³-hybridized carbons (Fsp3) is 0.111. The van der Waals surface area contributed by atoms with E-state index in [0.29, 0.717) is 6.42 Å². The minimum Gasteiger partial charge on any atom is -0.119 e. The lowest BCUT2D eigenvalue weighted by molar-refractivity contribution is 1.57. The van der Waals surface area contributed by atoms with Gasteiger partial charge in [-0.05, 0) is 17.9 Å². The van der Waals surface area contributed by atoms with E-state index in [-0.39, 0.29) is 0 Å². The number of hydrogen-bond acceptors (Lipinski definition) is 0. The van der Waals surface area contributed by atoms with Crippen LogP contribution in [0.3, 0.4) is 0 Å². The molecule has 0 aromatic rings. The molecule has 0 spiro atoms.